The van der Waals surface area contributed by atoms with E-state index in [9.17, 15) is 4.79 Å². The Morgan fingerprint density at radius 2 is 2.04 bits per heavy atom. The van der Waals surface area contributed by atoms with Gasteiger partial charge in [0.05, 0.1) is 10.6 Å². The predicted octanol–water partition coefficient (Wildman–Crippen LogP) is 2.95. The van der Waals surface area contributed by atoms with Crippen molar-refractivity contribution in [1.82, 2.24) is 19.7 Å². The first-order chi connectivity index (χ1) is 12.8. The maximum atomic E-state index is 13.1. The average Bonchev–Trinajstić information content (AvgIpc) is 3.37. The number of amides is 1. The molecule has 2 aromatic heterocycles. The van der Waals surface area contributed by atoms with E-state index in [0.29, 0.717) is 12.4 Å². The van der Waals surface area contributed by atoms with Crippen LogP contribution < -0.4 is 5.73 Å². The standard InChI is InChI=1S/C19H21N5OS/c20-13-15-9-4-5-11-23(15)19(25)17-21-18(16-10-6-12-26-16)24(22-17)14-7-2-1-3-8-14/h1-3,6-8,10,12,15H,4-5,9,11,13,20H2. The van der Waals surface area contributed by atoms with Crippen LogP contribution in [0.3, 0.4) is 0 Å². The minimum Gasteiger partial charge on any atom is -0.332 e. The summed E-state index contributed by atoms with van der Waals surface area (Å²) >= 11 is 1.58. The molecule has 26 heavy (non-hydrogen) atoms. The maximum absolute atomic E-state index is 13.1. The summed E-state index contributed by atoms with van der Waals surface area (Å²) in [4.78, 5) is 20.5. The molecule has 3 heterocycles. The lowest BCUT2D eigenvalue weighted by molar-refractivity contribution is 0.0611. The summed E-state index contributed by atoms with van der Waals surface area (Å²) in [6, 6.07) is 13.8. The van der Waals surface area contributed by atoms with Gasteiger partial charge in [0.2, 0.25) is 5.82 Å². The topological polar surface area (TPSA) is 77.0 Å². The molecule has 1 atom stereocenters. The van der Waals surface area contributed by atoms with Crippen LogP contribution in [-0.2, 0) is 0 Å². The molecule has 0 radical (unpaired) electrons. The second kappa shape index (κ2) is 7.39. The van der Waals surface area contributed by atoms with Gasteiger partial charge in [0.1, 0.15) is 0 Å². The highest BCUT2D eigenvalue weighted by molar-refractivity contribution is 7.13. The molecule has 0 bridgehead atoms. The van der Waals surface area contributed by atoms with E-state index in [0.717, 1.165) is 36.4 Å². The lowest BCUT2D eigenvalue weighted by Crippen LogP contribution is -2.47. The number of carbonyl (C=O) groups is 1. The molecule has 2 N–H and O–H groups in total. The van der Waals surface area contributed by atoms with Gasteiger partial charge in [-0.1, -0.05) is 24.3 Å². The van der Waals surface area contributed by atoms with Crippen molar-refractivity contribution in [2.24, 2.45) is 5.73 Å². The molecular weight excluding hydrogens is 346 g/mol. The van der Waals surface area contributed by atoms with Gasteiger partial charge >= 0.3 is 0 Å². The van der Waals surface area contributed by atoms with Crippen molar-refractivity contribution >= 4 is 17.2 Å². The van der Waals surface area contributed by atoms with Crippen molar-refractivity contribution < 1.29 is 4.79 Å². The largest absolute Gasteiger partial charge is 0.332 e. The van der Waals surface area contributed by atoms with Gasteiger partial charge in [-0.2, -0.15) is 0 Å². The molecule has 0 saturated carbocycles. The van der Waals surface area contributed by atoms with Gasteiger partial charge in [-0.15, -0.1) is 16.4 Å². The molecular formula is C19H21N5OS. The third kappa shape index (κ3) is 3.15. The zero-order valence-electron chi connectivity index (χ0n) is 14.4. The number of aromatic nitrogens is 3. The fourth-order valence-corrected chi connectivity index (χ4v) is 4.06. The van der Waals surface area contributed by atoms with Crippen LogP contribution in [0.4, 0.5) is 0 Å². The Balaban J connectivity index is 1.74. The summed E-state index contributed by atoms with van der Waals surface area (Å²) in [5.74, 6) is 0.793. The van der Waals surface area contributed by atoms with E-state index in [4.69, 9.17) is 5.73 Å². The number of nitrogens with zero attached hydrogens (tertiary/aromatic N) is 4. The average molecular weight is 367 g/mol. The van der Waals surface area contributed by atoms with E-state index >= 15 is 0 Å². The quantitative estimate of drug-likeness (QED) is 0.769. The zero-order valence-corrected chi connectivity index (χ0v) is 15.2. The molecule has 134 valence electrons. The fraction of sp³-hybridized carbons (Fsp3) is 0.316. The van der Waals surface area contributed by atoms with E-state index < -0.39 is 0 Å². The molecule has 0 aliphatic carbocycles. The third-order valence-electron chi connectivity index (χ3n) is 4.70. The summed E-state index contributed by atoms with van der Waals surface area (Å²) < 4.78 is 1.75. The summed E-state index contributed by atoms with van der Waals surface area (Å²) in [6.45, 7) is 1.19. The Kier molecular flexibility index (Phi) is 4.81. The van der Waals surface area contributed by atoms with Crippen LogP contribution in [0.15, 0.2) is 47.8 Å². The smallest absolute Gasteiger partial charge is 0.293 e. The fourth-order valence-electron chi connectivity index (χ4n) is 3.36. The van der Waals surface area contributed by atoms with Gasteiger partial charge < -0.3 is 10.6 Å². The molecule has 6 nitrogen and oxygen atoms in total. The number of thiophene rings is 1. The van der Waals surface area contributed by atoms with Crippen LogP contribution >= 0.6 is 11.3 Å². The molecule has 4 rings (SSSR count). The van der Waals surface area contributed by atoms with Gasteiger partial charge in [-0.25, -0.2) is 9.67 Å². The van der Waals surface area contributed by atoms with E-state index in [-0.39, 0.29) is 17.8 Å². The van der Waals surface area contributed by atoms with Gasteiger partial charge in [-0.3, -0.25) is 4.79 Å². The normalized spacial score (nSPS) is 17.4. The van der Waals surface area contributed by atoms with E-state index in [1.807, 2.05) is 52.7 Å². The molecule has 1 fully saturated rings. The number of nitrogens with two attached hydrogens (primary N) is 1. The highest BCUT2D eigenvalue weighted by Crippen LogP contribution is 2.26. The number of para-hydroxylation sites is 1. The Morgan fingerprint density at radius 3 is 2.77 bits per heavy atom. The highest BCUT2D eigenvalue weighted by Gasteiger charge is 2.30. The summed E-state index contributed by atoms with van der Waals surface area (Å²) in [7, 11) is 0. The first-order valence-corrected chi connectivity index (χ1v) is 9.73. The van der Waals surface area contributed by atoms with Crippen molar-refractivity contribution in [3.8, 4) is 16.4 Å². The van der Waals surface area contributed by atoms with Crippen LogP contribution in [0.25, 0.3) is 16.4 Å². The van der Waals surface area contributed by atoms with Crippen LogP contribution in [0, 0.1) is 0 Å². The lowest BCUT2D eigenvalue weighted by atomic mass is 10.0. The summed E-state index contributed by atoms with van der Waals surface area (Å²) in [5.41, 5.74) is 6.76. The Bertz CT molecular complexity index is 875. The van der Waals surface area contributed by atoms with Crippen LogP contribution in [-0.4, -0.2) is 44.7 Å². The number of carbonyl (C=O) groups excluding carboxylic acids is 1. The predicted molar refractivity (Wildman–Crippen MR) is 102 cm³/mol. The molecule has 1 amide bonds. The maximum Gasteiger partial charge on any atom is 0.293 e. The Hall–Kier alpha value is -2.51. The minimum atomic E-state index is -0.132. The molecule has 1 saturated heterocycles. The molecule has 1 aliphatic heterocycles. The first-order valence-electron chi connectivity index (χ1n) is 8.85. The van der Waals surface area contributed by atoms with E-state index in [2.05, 4.69) is 10.1 Å². The molecule has 1 aromatic carbocycles. The van der Waals surface area contributed by atoms with Gasteiger partial charge in [-0.05, 0) is 42.8 Å². The van der Waals surface area contributed by atoms with Crippen molar-refractivity contribution in [2.75, 3.05) is 13.1 Å². The second-order valence-corrected chi connectivity index (χ2v) is 7.32. The molecule has 1 unspecified atom stereocenters. The highest BCUT2D eigenvalue weighted by atomic mass is 32.1. The van der Waals surface area contributed by atoms with Gasteiger partial charge in [0.15, 0.2) is 5.82 Å². The SMILES string of the molecule is NCC1CCCCN1C(=O)c1nc(-c2cccs2)n(-c2ccccc2)n1. The third-order valence-corrected chi connectivity index (χ3v) is 5.57. The number of rotatable bonds is 4. The Labute approximate surface area is 156 Å². The second-order valence-electron chi connectivity index (χ2n) is 6.37. The van der Waals surface area contributed by atoms with Crippen LogP contribution in [0.2, 0.25) is 0 Å². The van der Waals surface area contributed by atoms with Gasteiger partial charge in [0.25, 0.3) is 5.91 Å². The monoisotopic (exact) mass is 367 g/mol. The molecule has 3 aromatic rings. The number of piperidine rings is 1. The number of hydrogen-bond donors (Lipinski definition) is 1. The van der Waals surface area contributed by atoms with Crippen molar-refractivity contribution in [1.29, 1.82) is 0 Å². The summed E-state index contributed by atoms with van der Waals surface area (Å²) in [5, 5.41) is 6.56. The molecule has 1 aliphatic rings. The first kappa shape index (κ1) is 16.9. The molecule has 7 heteroatoms. The summed E-state index contributed by atoms with van der Waals surface area (Å²) in [6.07, 6.45) is 3.05. The number of benzene rings is 1. The molecule has 0 spiro atoms. The lowest BCUT2D eigenvalue weighted by Gasteiger charge is -2.34. The number of likely N-dealkylation sites (tertiary alicyclic amines) is 1. The van der Waals surface area contributed by atoms with Gasteiger partial charge in [0, 0.05) is 19.1 Å². The van der Waals surface area contributed by atoms with Crippen molar-refractivity contribution in [2.45, 2.75) is 25.3 Å². The number of hydrogen-bond acceptors (Lipinski definition) is 5. The van der Waals surface area contributed by atoms with Crippen molar-refractivity contribution in [3.63, 3.8) is 0 Å². The van der Waals surface area contributed by atoms with Crippen molar-refractivity contribution in [3.05, 3.63) is 53.7 Å². The van der Waals surface area contributed by atoms with E-state index in [1.54, 1.807) is 16.0 Å². The zero-order chi connectivity index (χ0) is 17.9. The van der Waals surface area contributed by atoms with E-state index in [1.165, 1.54) is 0 Å². The Morgan fingerprint density at radius 1 is 1.19 bits per heavy atom. The van der Waals surface area contributed by atoms with Crippen LogP contribution in [0.1, 0.15) is 29.9 Å². The van der Waals surface area contributed by atoms with Crippen LogP contribution in [0.5, 0.6) is 0 Å². The minimum absolute atomic E-state index is 0.0742.